The third-order valence-electron chi connectivity index (χ3n) is 3.99. The fraction of sp³-hybridized carbons (Fsp3) is 0.250. The summed E-state index contributed by atoms with van der Waals surface area (Å²) >= 11 is 1.39. The first-order valence-electron chi connectivity index (χ1n) is 7.57. The molecule has 1 aromatic carbocycles. The topological polar surface area (TPSA) is 110 Å². The summed E-state index contributed by atoms with van der Waals surface area (Å²) in [6.07, 6.45) is 0. The van der Waals surface area contributed by atoms with Crippen LogP contribution in [0.4, 0.5) is 0 Å². The molecule has 7 nitrogen and oxygen atoms in total. The highest BCUT2D eigenvalue weighted by atomic mass is 32.2. The predicted molar refractivity (Wildman–Crippen MR) is 93.4 cm³/mol. The Hall–Kier alpha value is -2.23. The first-order chi connectivity index (χ1) is 11.8. The van der Waals surface area contributed by atoms with E-state index in [-0.39, 0.29) is 22.6 Å². The van der Waals surface area contributed by atoms with Crippen molar-refractivity contribution in [1.82, 2.24) is 10.2 Å². The number of amides is 2. The molecule has 2 amide bonds. The lowest BCUT2D eigenvalue weighted by Gasteiger charge is -2.37. The van der Waals surface area contributed by atoms with Crippen molar-refractivity contribution in [2.45, 2.75) is 11.4 Å². The number of carbonyl (C=O) groups excluding carboxylic acids is 2. The molecule has 3 rings (SSSR count). The van der Waals surface area contributed by atoms with Crippen LogP contribution >= 0.6 is 11.3 Å². The molecule has 25 heavy (non-hydrogen) atoms. The number of benzene rings is 1. The summed E-state index contributed by atoms with van der Waals surface area (Å²) in [5.41, 5.74) is 0.770. The van der Waals surface area contributed by atoms with E-state index in [1.54, 1.807) is 23.1 Å². The molecule has 1 saturated heterocycles. The average Bonchev–Trinajstić information content (AvgIpc) is 3.05. The van der Waals surface area contributed by atoms with Crippen molar-refractivity contribution in [2.24, 2.45) is 11.1 Å². The average molecular weight is 379 g/mol. The minimum Gasteiger partial charge on any atom is -0.352 e. The zero-order valence-corrected chi connectivity index (χ0v) is 14.8. The van der Waals surface area contributed by atoms with Crippen LogP contribution in [0, 0.1) is 5.92 Å². The lowest BCUT2D eigenvalue weighted by Crippen LogP contribution is -2.55. The molecule has 1 aromatic heterocycles. The Labute approximate surface area is 149 Å². The van der Waals surface area contributed by atoms with Gasteiger partial charge in [0, 0.05) is 19.6 Å². The van der Waals surface area contributed by atoms with E-state index in [0.717, 1.165) is 5.56 Å². The molecule has 1 aliphatic heterocycles. The Balaban J connectivity index is 1.47. The second-order valence-corrected chi connectivity index (χ2v) is 8.30. The minimum absolute atomic E-state index is 0.0318. The Morgan fingerprint density at radius 2 is 1.88 bits per heavy atom. The number of primary sulfonamides is 1. The Morgan fingerprint density at radius 3 is 2.44 bits per heavy atom. The number of hydrogen-bond acceptors (Lipinski definition) is 5. The van der Waals surface area contributed by atoms with Crippen molar-refractivity contribution in [3.63, 3.8) is 0 Å². The van der Waals surface area contributed by atoms with E-state index in [0.29, 0.717) is 24.5 Å². The molecule has 0 bridgehead atoms. The number of hydrogen-bond donors (Lipinski definition) is 2. The molecule has 0 spiro atoms. The van der Waals surface area contributed by atoms with Crippen LogP contribution in [0.5, 0.6) is 0 Å². The fourth-order valence-corrected chi connectivity index (χ4v) is 3.70. The molecule has 2 aromatic rings. The SMILES string of the molecule is NS(=O)(=O)c1ccc(CNC(=O)C2CN(C(=O)c3cccs3)C2)cc1. The molecule has 0 unspecified atom stereocenters. The van der Waals surface area contributed by atoms with Crippen molar-refractivity contribution in [3.8, 4) is 0 Å². The number of carbonyl (C=O) groups is 2. The smallest absolute Gasteiger partial charge is 0.263 e. The molecular formula is C16H17N3O4S2. The van der Waals surface area contributed by atoms with Crippen LogP contribution in [0.15, 0.2) is 46.7 Å². The third-order valence-corrected chi connectivity index (χ3v) is 5.78. The normalized spacial score (nSPS) is 14.8. The van der Waals surface area contributed by atoms with Crippen LogP contribution in [0.2, 0.25) is 0 Å². The van der Waals surface area contributed by atoms with E-state index in [2.05, 4.69) is 5.32 Å². The van der Waals surface area contributed by atoms with Gasteiger partial charge in [-0.1, -0.05) is 18.2 Å². The number of nitrogens with one attached hydrogen (secondary N) is 1. The van der Waals surface area contributed by atoms with Gasteiger partial charge in [-0.15, -0.1) is 11.3 Å². The summed E-state index contributed by atoms with van der Waals surface area (Å²) in [5.74, 6) is -0.379. The van der Waals surface area contributed by atoms with Gasteiger partial charge in [-0.3, -0.25) is 9.59 Å². The summed E-state index contributed by atoms with van der Waals surface area (Å²) in [6.45, 7) is 1.11. The molecule has 0 radical (unpaired) electrons. The summed E-state index contributed by atoms with van der Waals surface area (Å²) in [6, 6.07) is 9.61. The van der Waals surface area contributed by atoms with Crippen molar-refractivity contribution in [2.75, 3.05) is 13.1 Å². The Morgan fingerprint density at radius 1 is 1.20 bits per heavy atom. The zero-order valence-electron chi connectivity index (χ0n) is 13.2. The Bertz CT molecular complexity index is 871. The van der Waals surface area contributed by atoms with Gasteiger partial charge >= 0.3 is 0 Å². The summed E-state index contributed by atoms with van der Waals surface area (Å²) in [4.78, 5) is 26.6. The number of rotatable bonds is 5. The van der Waals surface area contributed by atoms with E-state index in [1.165, 1.54) is 23.5 Å². The fourth-order valence-electron chi connectivity index (χ4n) is 2.50. The van der Waals surface area contributed by atoms with Gasteiger partial charge in [0.15, 0.2) is 0 Å². The molecule has 0 saturated carbocycles. The summed E-state index contributed by atoms with van der Waals surface area (Å²) < 4.78 is 22.4. The van der Waals surface area contributed by atoms with Crippen molar-refractivity contribution >= 4 is 33.2 Å². The summed E-state index contributed by atoms with van der Waals surface area (Å²) in [5, 5.41) is 9.68. The van der Waals surface area contributed by atoms with E-state index in [9.17, 15) is 18.0 Å². The van der Waals surface area contributed by atoms with Gasteiger partial charge in [0.2, 0.25) is 15.9 Å². The highest BCUT2D eigenvalue weighted by Crippen LogP contribution is 2.21. The highest BCUT2D eigenvalue weighted by molar-refractivity contribution is 7.89. The van der Waals surface area contributed by atoms with Crippen LogP contribution in [0.25, 0.3) is 0 Å². The van der Waals surface area contributed by atoms with Crippen molar-refractivity contribution in [1.29, 1.82) is 0 Å². The highest BCUT2D eigenvalue weighted by Gasteiger charge is 2.36. The number of nitrogens with zero attached hydrogens (tertiary/aromatic N) is 1. The quantitative estimate of drug-likeness (QED) is 0.800. The number of sulfonamides is 1. The minimum atomic E-state index is -3.72. The largest absolute Gasteiger partial charge is 0.352 e. The Kier molecular flexibility index (Phi) is 4.89. The first kappa shape index (κ1) is 17.6. The predicted octanol–water partition coefficient (Wildman–Crippen LogP) is 0.784. The van der Waals surface area contributed by atoms with Crippen molar-refractivity contribution in [3.05, 3.63) is 52.2 Å². The molecule has 0 atom stereocenters. The third kappa shape index (κ3) is 4.06. The molecule has 9 heteroatoms. The maximum atomic E-state index is 12.1. The number of thiophene rings is 1. The first-order valence-corrected chi connectivity index (χ1v) is 9.99. The molecular weight excluding hydrogens is 362 g/mol. The molecule has 1 aliphatic rings. The lowest BCUT2D eigenvalue weighted by atomic mass is 9.98. The number of likely N-dealkylation sites (tertiary alicyclic amines) is 1. The molecule has 1 fully saturated rings. The van der Waals surface area contributed by atoms with E-state index in [1.807, 2.05) is 11.4 Å². The molecule has 0 aliphatic carbocycles. The van der Waals surface area contributed by atoms with Crippen molar-refractivity contribution < 1.29 is 18.0 Å². The van der Waals surface area contributed by atoms with Crippen LogP contribution < -0.4 is 10.5 Å². The second-order valence-electron chi connectivity index (χ2n) is 5.79. The van der Waals surface area contributed by atoms with Gasteiger partial charge in [-0.25, -0.2) is 13.6 Å². The maximum absolute atomic E-state index is 12.1. The van der Waals surface area contributed by atoms with Gasteiger partial charge in [-0.2, -0.15) is 0 Å². The van der Waals surface area contributed by atoms with Gasteiger partial charge in [0.25, 0.3) is 5.91 Å². The van der Waals surface area contributed by atoms with Gasteiger partial charge in [0.1, 0.15) is 0 Å². The standard InChI is InChI=1S/C16H17N3O4S2/c17-25(22,23)13-5-3-11(4-6-13)8-18-15(20)12-9-19(10-12)16(21)14-2-1-7-24-14/h1-7,12H,8-10H2,(H,18,20)(H2,17,22,23). The lowest BCUT2D eigenvalue weighted by molar-refractivity contribution is -0.129. The monoisotopic (exact) mass is 379 g/mol. The van der Waals surface area contributed by atoms with Gasteiger partial charge in [-0.05, 0) is 29.1 Å². The molecule has 2 heterocycles. The van der Waals surface area contributed by atoms with Crippen LogP contribution in [-0.4, -0.2) is 38.2 Å². The molecule has 3 N–H and O–H groups in total. The van der Waals surface area contributed by atoms with Crippen LogP contribution in [-0.2, 0) is 21.4 Å². The molecule has 132 valence electrons. The second kappa shape index (κ2) is 6.95. The van der Waals surface area contributed by atoms with Gasteiger partial charge < -0.3 is 10.2 Å². The van der Waals surface area contributed by atoms with Crippen LogP contribution in [0.1, 0.15) is 15.2 Å². The van der Waals surface area contributed by atoms with E-state index < -0.39 is 10.0 Å². The van der Waals surface area contributed by atoms with E-state index >= 15 is 0 Å². The number of nitrogens with two attached hydrogens (primary N) is 1. The zero-order chi connectivity index (χ0) is 18.0. The van der Waals surface area contributed by atoms with Gasteiger partial charge in [0.05, 0.1) is 15.7 Å². The summed E-state index contributed by atoms with van der Waals surface area (Å²) in [7, 11) is -3.72. The van der Waals surface area contributed by atoms with Crippen LogP contribution in [0.3, 0.4) is 0 Å². The van der Waals surface area contributed by atoms with E-state index in [4.69, 9.17) is 5.14 Å². The maximum Gasteiger partial charge on any atom is 0.263 e.